The molecule has 0 spiro atoms. The van der Waals surface area contributed by atoms with Gasteiger partial charge in [0, 0.05) is 23.7 Å². The fourth-order valence-corrected chi connectivity index (χ4v) is 5.94. The lowest BCUT2D eigenvalue weighted by molar-refractivity contribution is -0.142. The number of rotatable bonds is 10. The lowest BCUT2D eigenvalue weighted by Gasteiger charge is -2.46. The minimum absolute atomic E-state index is 0.0378. The van der Waals surface area contributed by atoms with Gasteiger partial charge in [-0.3, -0.25) is 4.79 Å². The van der Waals surface area contributed by atoms with E-state index in [0.717, 1.165) is 48.8 Å². The van der Waals surface area contributed by atoms with Gasteiger partial charge in [0.05, 0.1) is 19.3 Å². The summed E-state index contributed by atoms with van der Waals surface area (Å²) in [7, 11) is 1.31. The summed E-state index contributed by atoms with van der Waals surface area (Å²) >= 11 is 0. The Balaban J connectivity index is 1.54. The lowest BCUT2D eigenvalue weighted by Crippen LogP contribution is -2.36. The number of benzene rings is 2. The first-order valence-electron chi connectivity index (χ1n) is 12.6. The first-order valence-corrected chi connectivity index (χ1v) is 12.6. The van der Waals surface area contributed by atoms with E-state index in [4.69, 9.17) is 4.74 Å². The van der Waals surface area contributed by atoms with Crippen LogP contribution in [-0.4, -0.2) is 41.8 Å². The predicted molar refractivity (Wildman–Crippen MR) is 132 cm³/mol. The number of carbonyl (C=O) groups excluding carboxylic acids is 2. The van der Waals surface area contributed by atoms with Crippen LogP contribution in [-0.2, 0) is 20.7 Å². The normalized spacial score (nSPS) is 24.0. The van der Waals surface area contributed by atoms with Gasteiger partial charge in [-0.1, -0.05) is 56.2 Å². The van der Waals surface area contributed by atoms with Crippen molar-refractivity contribution >= 4 is 11.8 Å². The van der Waals surface area contributed by atoms with Gasteiger partial charge in [-0.05, 0) is 54.5 Å². The molecule has 0 saturated heterocycles. The van der Waals surface area contributed by atoms with Gasteiger partial charge in [0.15, 0.2) is 6.61 Å². The van der Waals surface area contributed by atoms with Crippen molar-refractivity contribution in [2.24, 2.45) is 11.3 Å². The van der Waals surface area contributed by atoms with Crippen molar-refractivity contribution in [3.8, 4) is 5.75 Å². The van der Waals surface area contributed by atoms with E-state index in [9.17, 15) is 19.8 Å². The van der Waals surface area contributed by atoms with E-state index >= 15 is 0 Å². The second kappa shape index (κ2) is 10.9. The van der Waals surface area contributed by atoms with Gasteiger partial charge < -0.3 is 19.7 Å². The number of ketones is 1. The number of hydrogen-bond acceptors (Lipinski definition) is 6. The molecular formula is C29H36O6. The molecule has 2 aromatic carbocycles. The Morgan fingerprint density at radius 3 is 2.63 bits per heavy atom. The molecule has 2 saturated carbocycles. The predicted octanol–water partition coefficient (Wildman–Crippen LogP) is 4.52. The van der Waals surface area contributed by atoms with Crippen LogP contribution >= 0.6 is 0 Å². The monoisotopic (exact) mass is 480 g/mol. The van der Waals surface area contributed by atoms with Crippen LogP contribution in [0.5, 0.6) is 5.75 Å². The molecule has 2 aliphatic rings. The van der Waals surface area contributed by atoms with Crippen molar-refractivity contribution < 1.29 is 29.3 Å². The molecular weight excluding hydrogens is 444 g/mol. The van der Waals surface area contributed by atoms with Gasteiger partial charge >= 0.3 is 5.97 Å². The van der Waals surface area contributed by atoms with Gasteiger partial charge in [0.1, 0.15) is 11.5 Å². The summed E-state index contributed by atoms with van der Waals surface area (Å²) in [4.78, 5) is 24.3. The molecule has 0 bridgehead atoms. The van der Waals surface area contributed by atoms with Crippen LogP contribution in [0.4, 0.5) is 0 Å². The fraction of sp³-hybridized carbons (Fsp3) is 0.517. The van der Waals surface area contributed by atoms with E-state index in [1.54, 1.807) is 6.07 Å². The van der Waals surface area contributed by atoms with Crippen molar-refractivity contribution in [2.45, 2.75) is 70.0 Å². The standard InChI is InChI=1S/C29H36O6/c1-3-11-29(12-6-13-29)28(33)21-9-5-8-20(16-21)27-23(24(30)17-25(27)31)15-19-7-4-10-22(14-19)35-18-26(32)34-2/h4-5,7-10,14,16,23,25,27-28,31,33H,3,6,11-13,15,17-18H2,1-2H3/t23-,25+,27+,28+/m0/s1. The summed E-state index contributed by atoms with van der Waals surface area (Å²) < 4.78 is 10.1. The minimum atomic E-state index is -0.757. The van der Waals surface area contributed by atoms with Crippen molar-refractivity contribution in [3.63, 3.8) is 0 Å². The molecule has 2 fully saturated rings. The molecule has 4 rings (SSSR count). The Hall–Kier alpha value is -2.70. The lowest BCUT2D eigenvalue weighted by atomic mass is 9.61. The van der Waals surface area contributed by atoms with Gasteiger partial charge in [-0.25, -0.2) is 4.79 Å². The Morgan fingerprint density at radius 2 is 1.94 bits per heavy atom. The van der Waals surface area contributed by atoms with Crippen LogP contribution in [0.3, 0.4) is 0 Å². The molecule has 4 atom stereocenters. The number of Topliss-reactive ketones (excluding diaryl/α,β-unsaturated/α-hetero) is 1. The zero-order chi connectivity index (χ0) is 25.0. The maximum Gasteiger partial charge on any atom is 0.343 e. The summed E-state index contributed by atoms with van der Waals surface area (Å²) in [5.74, 6) is -0.605. The average Bonchev–Trinajstić information content (AvgIpc) is 3.12. The molecule has 6 heteroatoms. The molecule has 0 aromatic heterocycles. The first-order chi connectivity index (χ1) is 16.9. The topological polar surface area (TPSA) is 93.1 Å². The van der Waals surface area contributed by atoms with E-state index in [-0.39, 0.29) is 36.1 Å². The number of aliphatic hydroxyl groups is 2. The zero-order valence-electron chi connectivity index (χ0n) is 20.6. The molecule has 35 heavy (non-hydrogen) atoms. The number of carbonyl (C=O) groups is 2. The fourth-order valence-electron chi connectivity index (χ4n) is 5.94. The molecule has 0 amide bonds. The molecule has 2 N–H and O–H groups in total. The van der Waals surface area contributed by atoms with Crippen molar-refractivity contribution in [2.75, 3.05) is 13.7 Å². The van der Waals surface area contributed by atoms with E-state index in [1.165, 1.54) is 7.11 Å². The van der Waals surface area contributed by atoms with Gasteiger partial charge in [0.2, 0.25) is 0 Å². The van der Waals surface area contributed by atoms with Gasteiger partial charge in [-0.2, -0.15) is 0 Å². The first kappa shape index (κ1) is 25.4. The quantitative estimate of drug-likeness (QED) is 0.486. The molecule has 188 valence electrons. The van der Waals surface area contributed by atoms with Gasteiger partial charge in [0.25, 0.3) is 0 Å². The third-order valence-corrected chi connectivity index (χ3v) is 7.90. The number of methoxy groups -OCH3 is 1. The summed E-state index contributed by atoms with van der Waals surface area (Å²) in [5, 5.41) is 22.1. The highest BCUT2D eigenvalue weighted by Crippen LogP contribution is 2.53. The Morgan fingerprint density at radius 1 is 1.17 bits per heavy atom. The van der Waals surface area contributed by atoms with E-state index in [2.05, 4.69) is 11.7 Å². The SMILES string of the molecule is CCCC1([C@H](O)c2cccc([C@H]3[C@H](O)CC(=O)[C@@H]3Cc3cccc(OCC(=O)OC)c3)c2)CCC1. The molecule has 6 nitrogen and oxygen atoms in total. The molecule has 2 aromatic rings. The van der Waals surface area contributed by atoms with Crippen LogP contribution < -0.4 is 4.74 Å². The Bertz CT molecular complexity index is 1040. The molecule has 0 heterocycles. The van der Waals surface area contributed by atoms with Crippen LogP contribution in [0.25, 0.3) is 0 Å². The minimum Gasteiger partial charge on any atom is -0.482 e. The van der Waals surface area contributed by atoms with Crippen LogP contribution in [0, 0.1) is 11.3 Å². The summed E-state index contributed by atoms with van der Waals surface area (Å²) in [6, 6.07) is 15.2. The zero-order valence-corrected chi connectivity index (χ0v) is 20.6. The molecule has 0 unspecified atom stereocenters. The second-order valence-electron chi connectivity index (χ2n) is 10.1. The van der Waals surface area contributed by atoms with Crippen LogP contribution in [0.1, 0.15) is 74.2 Å². The van der Waals surface area contributed by atoms with Crippen molar-refractivity contribution in [3.05, 3.63) is 65.2 Å². The van der Waals surface area contributed by atoms with Crippen LogP contribution in [0.2, 0.25) is 0 Å². The third kappa shape index (κ3) is 5.44. The molecule has 2 aliphatic carbocycles. The molecule has 0 radical (unpaired) electrons. The number of ether oxygens (including phenoxy) is 2. The van der Waals surface area contributed by atoms with Crippen LogP contribution in [0.15, 0.2) is 48.5 Å². The number of hydrogen-bond donors (Lipinski definition) is 2. The highest BCUT2D eigenvalue weighted by Gasteiger charge is 2.45. The van der Waals surface area contributed by atoms with E-state index < -0.39 is 18.2 Å². The Labute approximate surface area is 207 Å². The summed E-state index contributed by atoms with van der Waals surface area (Å²) in [6.45, 7) is 1.97. The summed E-state index contributed by atoms with van der Waals surface area (Å²) in [5.41, 5.74) is 2.62. The number of esters is 1. The largest absolute Gasteiger partial charge is 0.482 e. The maximum atomic E-state index is 12.9. The highest BCUT2D eigenvalue weighted by molar-refractivity contribution is 5.85. The van der Waals surface area contributed by atoms with E-state index in [1.807, 2.05) is 42.5 Å². The maximum absolute atomic E-state index is 12.9. The Kier molecular flexibility index (Phi) is 7.92. The molecule has 0 aliphatic heterocycles. The average molecular weight is 481 g/mol. The van der Waals surface area contributed by atoms with Crippen molar-refractivity contribution in [1.82, 2.24) is 0 Å². The number of aliphatic hydroxyl groups excluding tert-OH is 2. The summed E-state index contributed by atoms with van der Waals surface area (Å²) in [6.07, 6.45) is 4.55. The van der Waals surface area contributed by atoms with Gasteiger partial charge in [-0.15, -0.1) is 0 Å². The second-order valence-corrected chi connectivity index (χ2v) is 10.1. The van der Waals surface area contributed by atoms with Crippen molar-refractivity contribution in [1.29, 1.82) is 0 Å². The van der Waals surface area contributed by atoms with E-state index in [0.29, 0.717) is 12.2 Å². The smallest absolute Gasteiger partial charge is 0.343 e. The highest BCUT2D eigenvalue weighted by atomic mass is 16.6. The third-order valence-electron chi connectivity index (χ3n) is 7.90.